The molecule has 2 aromatic rings. The average molecular weight is 523 g/mol. The summed E-state index contributed by atoms with van der Waals surface area (Å²) in [6, 6.07) is 10.7. The van der Waals surface area contributed by atoms with Gasteiger partial charge in [-0.1, -0.05) is 37.6 Å². The van der Waals surface area contributed by atoms with Crippen LogP contribution in [0.3, 0.4) is 0 Å². The molecule has 1 aliphatic heterocycles. The summed E-state index contributed by atoms with van der Waals surface area (Å²) in [6.07, 6.45) is 0.955. The van der Waals surface area contributed by atoms with E-state index in [1.165, 1.54) is 6.07 Å². The molecule has 2 aliphatic rings. The predicted molar refractivity (Wildman–Crippen MR) is 136 cm³/mol. The minimum Gasteiger partial charge on any atom is -0.494 e. The molecule has 37 heavy (non-hydrogen) atoms. The highest BCUT2D eigenvalue weighted by Gasteiger charge is 2.41. The van der Waals surface area contributed by atoms with Gasteiger partial charge in [0.25, 0.3) is 0 Å². The highest BCUT2D eigenvalue weighted by atomic mass is 19.4. The fourth-order valence-corrected chi connectivity index (χ4v) is 5.69. The van der Waals surface area contributed by atoms with Crippen LogP contribution in [0.25, 0.3) is 0 Å². The van der Waals surface area contributed by atoms with Gasteiger partial charge >= 0.3 is 6.18 Å². The van der Waals surface area contributed by atoms with E-state index in [0.29, 0.717) is 51.7 Å². The summed E-state index contributed by atoms with van der Waals surface area (Å²) in [6.45, 7) is 5.47. The third-order valence-corrected chi connectivity index (χ3v) is 7.73. The smallest absolute Gasteiger partial charge is 0.419 e. The number of hydrogen-bond donors (Lipinski definition) is 0. The Morgan fingerprint density at radius 2 is 1.54 bits per heavy atom. The molecule has 0 spiro atoms. The molecule has 0 bridgehead atoms. The normalized spacial score (nSPS) is 24.7. The molecule has 2 atom stereocenters. The van der Waals surface area contributed by atoms with E-state index in [-0.39, 0.29) is 35.9 Å². The van der Waals surface area contributed by atoms with Crippen LogP contribution in [0.1, 0.15) is 105 Å². The van der Waals surface area contributed by atoms with Gasteiger partial charge in [0.2, 0.25) is 0 Å². The number of hydrogen-bond acceptors (Lipinski definition) is 3. The van der Waals surface area contributed by atoms with Gasteiger partial charge in [-0.25, -0.2) is 4.39 Å². The van der Waals surface area contributed by atoms with Crippen molar-refractivity contribution >= 4 is 0 Å². The van der Waals surface area contributed by atoms with Gasteiger partial charge in [0.05, 0.1) is 31.0 Å². The summed E-state index contributed by atoms with van der Waals surface area (Å²) in [7, 11) is 0. The number of rotatable bonds is 9. The maximum atomic E-state index is 15.6. The lowest BCUT2D eigenvalue weighted by Crippen LogP contribution is -2.25. The average Bonchev–Trinajstić information content (AvgIpc) is 2.89. The molecule has 204 valence electrons. The Bertz CT molecular complexity index is 989. The molecule has 0 N–H and O–H groups in total. The molecule has 2 fully saturated rings. The number of alkyl halides is 3. The van der Waals surface area contributed by atoms with Crippen molar-refractivity contribution in [2.45, 2.75) is 95.4 Å². The first-order valence-corrected chi connectivity index (χ1v) is 13.7. The lowest BCUT2D eigenvalue weighted by molar-refractivity contribution is -0.141. The zero-order valence-corrected chi connectivity index (χ0v) is 21.8. The number of halogens is 4. The summed E-state index contributed by atoms with van der Waals surface area (Å²) in [5.41, 5.74) is 0.0968. The van der Waals surface area contributed by atoms with Crippen molar-refractivity contribution in [2.75, 3.05) is 19.8 Å². The Morgan fingerprint density at radius 3 is 2.14 bits per heavy atom. The first-order chi connectivity index (χ1) is 17.8. The molecule has 1 aliphatic carbocycles. The second-order valence-corrected chi connectivity index (χ2v) is 10.2. The maximum absolute atomic E-state index is 15.6. The monoisotopic (exact) mass is 522 g/mol. The molecule has 7 heteroatoms. The molecular formula is C30H38F4O3. The van der Waals surface area contributed by atoms with Crippen LogP contribution in [0.2, 0.25) is 0 Å². The Hall–Kier alpha value is -2.12. The van der Waals surface area contributed by atoms with Crippen LogP contribution in [0.15, 0.2) is 36.4 Å². The van der Waals surface area contributed by atoms with Crippen molar-refractivity contribution in [3.05, 3.63) is 64.5 Å². The predicted octanol–water partition coefficient (Wildman–Crippen LogP) is 8.72. The molecule has 0 radical (unpaired) electrons. The summed E-state index contributed by atoms with van der Waals surface area (Å²) in [5.74, 6) is -1.06. The van der Waals surface area contributed by atoms with Crippen molar-refractivity contribution < 1.29 is 31.8 Å². The Morgan fingerprint density at radius 1 is 0.865 bits per heavy atom. The highest BCUT2D eigenvalue weighted by molar-refractivity contribution is 5.40. The molecule has 0 amide bonds. The molecule has 1 saturated heterocycles. The van der Waals surface area contributed by atoms with Gasteiger partial charge in [-0.05, 0) is 86.6 Å². The number of unbranched alkanes of at least 4 members (excludes halogenated alkanes) is 1. The van der Waals surface area contributed by atoms with Gasteiger partial charge in [0.1, 0.15) is 11.6 Å². The zero-order chi connectivity index (χ0) is 26.4. The van der Waals surface area contributed by atoms with Gasteiger partial charge < -0.3 is 14.2 Å². The fourth-order valence-electron chi connectivity index (χ4n) is 5.69. The molecule has 1 saturated carbocycles. The van der Waals surface area contributed by atoms with Gasteiger partial charge in [0, 0.05) is 12.5 Å². The molecule has 4 rings (SSSR count). The second-order valence-electron chi connectivity index (χ2n) is 10.2. The molecule has 1 heterocycles. The SMILES string of the molecule is CCCCOC1CCC(c2ccc(C3CCC(c4ccc(OCC)cc4)OC3)c(F)c2C(F)(F)F)CC1. The largest absolute Gasteiger partial charge is 0.494 e. The molecular weight excluding hydrogens is 484 g/mol. The maximum Gasteiger partial charge on any atom is 0.419 e. The van der Waals surface area contributed by atoms with Crippen molar-refractivity contribution in [1.29, 1.82) is 0 Å². The van der Waals surface area contributed by atoms with E-state index in [9.17, 15) is 13.2 Å². The summed E-state index contributed by atoms with van der Waals surface area (Å²) < 4.78 is 75.4. The first-order valence-electron chi connectivity index (χ1n) is 13.7. The van der Waals surface area contributed by atoms with Crippen LogP contribution in [0, 0.1) is 5.82 Å². The van der Waals surface area contributed by atoms with Gasteiger partial charge in [-0.2, -0.15) is 13.2 Å². The Labute approximate surface area is 217 Å². The number of benzene rings is 2. The summed E-state index contributed by atoms with van der Waals surface area (Å²) >= 11 is 0. The second kappa shape index (κ2) is 12.6. The third-order valence-electron chi connectivity index (χ3n) is 7.73. The lowest BCUT2D eigenvalue weighted by Gasteiger charge is -2.33. The van der Waals surface area contributed by atoms with Crippen LogP contribution >= 0.6 is 0 Å². The van der Waals surface area contributed by atoms with E-state index in [4.69, 9.17) is 14.2 Å². The van der Waals surface area contributed by atoms with Crippen LogP contribution in [0.4, 0.5) is 17.6 Å². The first kappa shape index (κ1) is 27.9. The van der Waals surface area contributed by atoms with Crippen molar-refractivity contribution in [3.63, 3.8) is 0 Å². The highest BCUT2D eigenvalue weighted by Crippen LogP contribution is 2.45. The topological polar surface area (TPSA) is 27.7 Å². The summed E-state index contributed by atoms with van der Waals surface area (Å²) in [5, 5.41) is 0. The van der Waals surface area contributed by atoms with Crippen molar-refractivity contribution in [3.8, 4) is 5.75 Å². The minimum atomic E-state index is -4.75. The molecule has 2 aromatic carbocycles. The Balaban J connectivity index is 1.45. The minimum absolute atomic E-state index is 0.0870. The third kappa shape index (κ3) is 6.85. The van der Waals surface area contributed by atoms with Crippen molar-refractivity contribution in [2.24, 2.45) is 0 Å². The molecule has 3 nitrogen and oxygen atoms in total. The van der Waals surface area contributed by atoms with Gasteiger partial charge in [-0.3, -0.25) is 0 Å². The van der Waals surface area contributed by atoms with Crippen LogP contribution in [-0.4, -0.2) is 25.9 Å². The van der Waals surface area contributed by atoms with Crippen LogP contribution < -0.4 is 4.74 Å². The number of ether oxygens (including phenoxy) is 3. The zero-order valence-electron chi connectivity index (χ0n) is 21.8. The van der Waals surface area contributed by atoms with E-state index >= 15 is 4.39 Å². The van der Waals surface area contributed by atoms with Crippen LogP contribution in [-0.2, 0) is 15.7 Å². The van der Waals surface area contributed by atoms with E-state index in [2.05, 4.69) is 6.92 Å². The van der Waals surface area contributed by atoms with E-state index in [0.717, 1.165) is 24.2 Å². The van der Waals surface area contributed by atoms with Crippen LogP contribution in [0.5, 0.6) is 5.75 Å². The summed E-state index contributed by atoms with van der Waals surface area (Å²) in [4.78, 5) is 0. The molecule has 2 unspecified atom stereocenters. The van der Waals surface area contributed by atoms with E-state index in [1.807, 2.05) is 31.2 Å². The molecule has 0 aromatic heterocycles. The van der Waals surface area contributed by atoms with E-state index in [1.54, 1.807) is 6.07 Å². The standard InChI is InChI=1S/C30H38F4O3/c1-3-5-18-36-24-11-6-20(7-12-24)25-15-16-26(29(31)28(25)30(32,33)34)22-10-17-27(37-19-22)21-8-13-23(14-9-21)35-4-2/h8-9,13-16,20,22,24,27H,3-7,10-12,17-19H2,1-2H3. The quantitative estimate of drug-likeness (QED) is 0.243. The van der Waals surface area contributed by atoms with E-state index < -0.39 is 23.5 Å². The lowest BCUT2D eigenvalue weighted by atomic mass is 9.79. The van der Waals surface area contributed by atoms with Gasteiger partial charge in [0.15, 0.2) is 0 Å². The van der Waals surface area contributed by atoms with Crippen molar-refractivity contribution in [1.82, 2.24) is 0 Å². The van der Waals surface area contributed by atoms with Gasteiger partial charge in [-0.15, -0.1) is 0 Å². The Kier molecular flexibility index (Phi) is 9.51. The fraction of sp³-hybridized carbons (Fsp3) is 0.600.